The molecule has 0 aliphatic rings. The van der Waals surface area contributed by atoms with E-state index in [0.717, 1.165) is 10.9 Å². The Balaban J connectivity index is 1.63. The number of aromatic nitrogens is 4. The van der Waals surface area contributed by atoms with Crippen molar-refractivity contribution in [2.75, 3.05) is 5.32 Å². The molecule has 0 spiro atoms. The Morgan fingerprint density at radius 2 is 2.08 bits per heavy atom. The van der Waals surface area contributed by atoms with Crippen LogP contribution in [0.2, 0.25) is 0 Å². The number of carbonyl (C=O) groups is 2. The van der Waals surface area contributed by atoms with E-state index in [1.54, 1.807) is 51.9 Å². The number of carbonyl (C=O) groups excluding carboxylic acids is 2. The molecule has 0 bridgehead atoms. The summed E-state index contributed by atoms with van der Waals surface area (Å²) >= 11 is 0. The average molecular weight is 319 g/mol. The average Bonchev–Trinajstić information content (AvgIpc) is 3.17. The number of nitrogens with zero attached hydrogens (tertiary/aromatic N) is 4. The topological polar surface area (TPSA) is 81.3 Å². The highest BCUT2D eigenvalue weighted by Crippen LogP contribution is 2.17. The van der Waals surface area contributed by atoms with Crippen molar-refractivity contribution in [3.8, 4) is 0 Å². The first-order chi connectivity index (χ1) is 11.6. The first kappa shape index (κ1) is 14.1. The highest BCUT2D eigenvalue weighted by Gasteiger charge is 2.09. The second kappa shape index (κ2) is 5.31. The number of imidazole rings is 1. The van der Waals surface area contributed by atoms with Gasteiger partial charge in [0.05, 0.1) is 17.4 Å². The number of benzene rings is 1. The van der Waals surface area contributed by atoms with Gasteiger partial charge in [0.2, 0.25) is 0 Å². The number of nitrogens with one attached hydrogen (secondary N) is 1. The third kappa shape index (κ3) is 2.32. The summed E-state index contributed by atoms with van der Waals surface area (Å²) in [4.78, 5) is 27.3. The molecule has 7 nitrogen and oxygen atoms in total. The number of rotatable bonds is 3. The molecule has 0 radical (unpaired) electrons. The van der Waals surface area contributed by atoms with Gasteiger partial charge in [0, 0.05) is 30.4 Å². The SMILES string of the molecule is Cn1ncc2cc(C(=O)Nc3ccc4nc(C=O)cn4c3)ccc21. The van der Waals surface area contributed by atoms with Gasteiger partial charge in [-0.25, -0.2) is 4.98 Å². The van der Waals surface area contributed by atoms with Gasteiger partial charge in [0.15, 0.2) is 6.29 Å². The molecule has 0 unspecified atom stereocenters. The Labute approximate surface area is 136 Å². The van der Waals surface area contributed by atoms with Crippen molar-refractivity contribution in [2.24, 2.45) is 7.05 Å². The van der Waals surface area contributed by atoms with E-state index in [-0.39, 0.29) is 5.91 Å². The van der Waals surface area contributed by atoms with Gasteiger partial charge in [0.1, 0.15) is 11.3 Å². The summed E-state index contributed by atoms with van der Waals surface area (Å²) in [6.45, 7) is 0. The van der Waals surface area contributed by atoms with E-state index in [2.05, 4.69) is 15.4 Å². The van der Waals surface area contributed by atoms with Crippen molar-refractivity contribution in [1.29, 1.82) is 0 Å². The minimum absolute atomic E-state index is 0.212. The molecular formula is C17H13N5O2. The van der Waals surface area contributed by atoms with Crippen LogP contribution in [0.25, 0.3) is 16.6 Å². The molecule has 0 fully saturated rings. The molecule has 1 N–H and O–H groups in total. The normalized spacial score (nSPS) is 11.0. The number of hydrogen-bond donors (Lipinski definition) is 1. The maximum absolute atomic E-state index is 12.4. The molecule has 7 heteroatoms. The summed E-state index contributed by atoms with van der Waals surface area (Å²) < 4.78 is 3.46. The predicted octanol–water partition coefficient (Wildman–Crippen LogP) is 2.29. The number of anilines is 1. The fourth-order valence-electron chi connectivity index (χ4n) is 2.65. The van der Waals surface area contributed by atoms with Crippen LogP contribution in [0, 0.1) is 0 Å². The van der Waals surface area contributed by atoms with Crippen molar-refractivity contribution < 1.29 is 9.59 Å². The van der Waals surface area contributed by atoms with E-state index >= 15 is 0 Å². The fraction of sp³-hybridized carbons (Fsp3) is 0.0588. The third-order valence-corrected chi connectivity index (χ3v) is 3.86. The molecule has 0 saturated carbocycles. The van der Waals surface area contributed by atoms with Crippen LogP contribution in [0.3, 0.4) is 0 Å². The van der Waals surface area contributed by atoms with Crippen LogP contribution in [0.1, 0.15) is 20.8 Å². The quantitative estimate of drug-likeness (QED) is 0.587. The molecule has 0 saturated heterocycles. The molecule has 4 rings (SSSR count). The Hall–Kier alpha value is -3.48. The summed E-state index contributed by atoms with van der Waals surface area (Å²) in [7, 11) is 1.86. The van der Waals surface area contributed by atoms with Gasteiger partial charge < -0.3 is 9.72 Å². The van der Waals surface area contributed by atoms with Gasteiger partial charge in [0.25, 0.3) is 5.91 Å². The number of amides is 1. The highest BCUT2D eigenvalue weighted by molar-refractivity contribution is 6.06. The molecule has 24 heavy (non-hydrogen) atoms. The third-order valence-electron chi connectivity index (χ3n) is 3.86. The second-order valence-corrected chi connectivity index (χ2v) is 5.46. The fourth-order valence-corrected chi connectivity index (χ4v) is 2.65. The number of aryl methyl sites for hydroxylation is 1. The van der Waals surface area contributed by atoms with E-state index < -0.39 is 0 Å². The molecule has 118 valence electrons. The summed E-state index contributed by atoms with van der Waals surface area (Å²) in [5, 5.41) is 7.93. The molecule has 4 aromatic rings. The molecule has 0 aliphatic heterocycles. The maximum Gasteiger partial charge on any atom is 0.255 e. The smallest absolute Gasteiger partial charge is 0.255 e. The Bertz CT molecular complexity index is 1090. The molecule has 3 heterocycles. The highest BCUT2D eigenvalue weighted by atomic mass is 16.1. The number of hydrogen-bond acceptors (Lipinski definition) is 4. The molecular weight excluding hydrogens is 306 g/mol. The molecule has 0 aliphatic carbocycles. The molecule has 0 atom stereocenters. The summed E-state index contributed by atoms with van der Waals surface area (Å²) in [5.41, 5.74) is 3.13. The van der Waals surface area contributed by atoms with Crippen LogP contribution in [0.15, 0.2) is 48.9 Å². The summed E-state index contributed by atoms with van der Waals surface area (Å²) in [6, 6.07) is 8.93. The maximum atomic E-state index is 12.4. The Morgan fingerprint density at radius 3 is 2.92 bits per heavy atom. The number of fused-ring (bicyclic) bond motifs is 2. The van der Waals surface area contributed by atoms with E-state index in [4.69, 9.17) is 0 Å². The molecule has 1 amide bonds. The Morgan fingerprint density at radius 1 is 1.21 bits per heavy atom. The van der Waals surface area contributed by atoms with Gasteiger partial charge in [-0.1, -0.05) is 0 Å². The van der Waals surface area contributed by atoms with Gasteiger partial charge in [-0.05, 0) is 30.3 Å². The second-order valence-electron chi connectivity index (χ2n) is 5.46. The number of aldehydes is 1. The monoisotopic (exact) mass is 319 g/mol. The predicted molar refractivity (Wildman–Crippen MR) is 89.2 cm³/mol. The lowest BCUT2D eigenvalue weighted by atomic mass is 10.1. The van der Waals surface area contributed by atoms with Crippen molar-refractivity contribution in [1.82, 2.24) is 19.2 Å². The molecule has 1 aromatic carbocycles. The van der Waals surface area contributed by atoms with Crippen molar-refractivity contribution in [2.45, 2.75) is 0 Å². The zero-order valence-corrected chi connectivity index (χ0v) is 12.8. The molecule has 3 aromatic heterocycles. The van der Waals surface area contributed by atoms with Crippen LogP contribution >= 0.6 is 0 Å². The van der Waals surface area contributed by atoms with Crippen molar-refractivity contribution in [3.63, 3.8) is 0 Å². The van der Waals surface area contributed by atoms with Crippen LogP contribution in [0.5, 0.6) is 0 Å². The Kier molecular flexibility index (Phi) is 3.13. The van der Waals surface area contributed by atoms with Crippen molar-refractivity contribution >= 4 is 34.4 Å². The zero-order chi connectivity index (χ0) is 16.7. The zero-order valence-electron chi connectivity index (χ0n) is 12.8. The lowest BCUT2D eigenvalue weighted by Crippen LogP contribution is -2.12. The summed E-state index contributed by atoms with van der Waals surface area (Å²) in [6.07, 6.45) is 5.74. The standard InChI is InChI=1S/C17H13N5O2/c1-21-15-4-2-11(6-12(15)7-18-21)17(24)20-13-3-5-16-19-14(10-23)9-22(16)8-13/h2-10H,1H3,(H,20,24). The number of pyridine rings is 1. The minimum Gasteiger partial charge on any atom is -0.321 e. The van der Waals surface area contributed by atoms with E-state index in [9.17, 15) is 9.59 Å². The van der Waals surface area contributed by atoms with Crippen LogP contribution in [-0.4, -0.2) is 31.4 Å². The van der Waals surface area contributed by atoms with E-state index in [0.29, 0.717) is 28.9 Å². The lowest BCUT2D eigenvalue weighted by molar-refractivity contribution is 0.102. The van der Waals surface area contributed by atoms with Crippen LogP contribution in [-0.2, 0) is 7.05 Å². The minimum atomic E-state index is -0.212. The van der Waals surface area contributed by atoms with Gasteiger partial charge >= 0.3 is 0 Å². The first-order valence-corrected chi connectivity index (χ1v) is 7.31. The van der Waals surface area contributed by atoms with E-state index in [1.807, 2.05) is 13.1 Å². The van der Waals surface area contributed by atoms with Gasteiger partial charge in [-0.2, -0.15) is 5.10 Å². The van der Waals surface area contributed by atoms with Crippen LogP contribution in [0.4, 0.5) is 5.69 Å². The lowest BCUT2D eigenvalue weighted by Gasteiger charge is -2.06. The van der Waals surface area contributed by atoms with Crippen LogP contribution < -0.4 is 5.32 Å². The van der Waals surface area contributed by atoms with Crippen molar-refractivity contribution in [3.05, 3.63) is 60.2 Å². The van der Waals surface area contributed by atoms with Gasteiger partial charge in [-0.3, -0.25) is 14.3 Å². The first-order valence-electron chi connectivity index (χ1n) is 7.31. The summed E-state index contributed by atoms with van der Waals surface area (Å²) in [5.74, 6) is -0.212. The van der Waals surface area contributed by atoms with E-state index in [1.165, 1.54) is 0 Å². The van der Waals surface area contributed by atoms with Gasteiger partial charge in [-0.15, -0.1) is 0 Å². The largest absolute Gasteiger partial charge is 0.321 e.